The molecule has 0 bridgehead atoms. The lowest BCUT2D eigenvalue weighted by Gasteiger charge is -2.05. The van der Waals surface area contributed by atoms with Crippen molar-refractivity contribution in [3.63, 3.8) is 0 Å². The summed E-state index contributed by atoms with van der Waals surface area (Å²) in [5, 5.41) is 2.87. The number of carbonyl (C=O) groups is 1. The van der Waals surface area contributed by atoms with E-state index in [0.717, 1.165) is 22.6 Å². The Hall–Kier alpha value is -2.95. The fraction of sp³-hybridized carbons (Fsp3) is 0.211. The quantitative estimate of drug-likeness (QED) is 0.717. The predicted molar refractivity (Wildman–Crippen MR) is 89.6 cm³/mol. The van der Waals surface area contributed by atoms with Crippen molar-refractivity contribution >= 4 is 5.91 Å². The molecule has 3 rings (SSSR count). The predicted octanol–water partition coefficient (Wildman–Crippen LogP) is 3.80. The Kier molecular flexibility index (Phi) is 5.01. The van der Waals surface area contributed by atoms with Crippen molar-refractivity contribution in [2.24, 2.45) is 0 Å². The molecule has 0 saturated carbocycles. The van der Waals surface area contributed by atoms with Gasteiger partial charge in [-0.1, -0.05) is 12.1 Å². The Balaban J connectivity index is 1.45. The molecule has 2 aromatic heterocycles. The van der Waals surface area contributed by atoms with E-state index in [0.29, 0.717) is 25.1 Å². The van der Waals surface area contributed by atoms with Gasteiger partial charge >= 0.3 is 0 Å². The van der Waals surface area contributed by atoms with Crippen LogP contribution in [0.2, 0.25) is 0 Å². The Bertz CT molecular complexity index is 772. The number of hydrogen-bond acceptors (Lipinski definition) is 4. The van der Waals surface area contributed by atoms with Gasteiger partial charge < -0.3 is 18.9 Å². The summed E-state index contributed by atoms with van der Waals surface area (Å²) in [6, 6.07) is 13.3. The first kappa shape index (κ1) is 15.9. The maximum absolute atomic E-state index is 12.0. The number of rotatable bonds is 7. The van der Waals surface area contributed by atoms with Crippen LogP contribution < -0.4 is 10.1 Å². The first-order valence-corrected chi connectivity index (χ1v) is 7.75. The van der Waals surface area contributed by atoms with Crippen LogP contribution in [0.25, 0.3) is 11.3 Å². The lowest BCUT2D eigenvalue weighted by molar-refractivity contribution is -0.121. The Morgan fingerprint density at radius 2 is 1.96 bits per heavy atom. The summed E-state index contributed by atoms with van der Waals surface area (Å²) in [5.74, 6) is 2.25. The number of aryl methyl sites for hydroxylation is 1. The minimum Gasteiger partial charge on any atom is -0.497 e. The van der Waals surface area contributed by atoms with Gasteiger partial charge in [-0.2, -0.15) is 0 Å². The molecule has 5 nitrogen and oxygen atoms in total. The van der Waals surface area contributed by atoms with E-state index < -0.39 is 0 Å². The molecular formula is C19H19NO4. The molecule has 0 radical (unpaired) electrons. The summed E-state index contributed by atoms with van der Waals surface area (Å²) in [6.45, 7) is 0.374. The number of ether oxygens (including phenoxy) is 1. The molecule has 3 aromatic rings. The van der Waals surface area contributed by atoms with Crippen LogP contribution in [0, 0.1) is 0 Å². The van der Waals surface area contributed by atoms with E-state index in [1.165, 1.54) is 0 Å². The zero-order valence-corrected chi connectivity index (χ0v) is 13.5. The molecule has 0 unspecified atom stereocenters. The summed E-state index contributed by atoms with van der Waals surface area (Å²) in [5.41, 5.74) is 1.98. The normalized spacial score (nSPS) is 10.5. The lowest BCUT2D eigenvalue weighted by atomic mass is 10.1. The molecule has 24 heavy (non-hydrogen) atoms. The molecule has 0 spiro atoms. The molecule has 0 saturated heterocycles. The lowest BCUT2D eigenvalue weighted by Crippen LogP contribution is -2.22. The van der Waals surface area contributed by atoms with Gasteiger partial charge in [0.15, 0.2) is 0 Å². The summed E-state index contributed by atoms with van der Waals surface area (Å²) < 4.78 is 15.8. The fourth-order valence-electron chi connectivity index (χ4n) is 2.36. The van der Waals surface area contributed by atoms with Gasteiger partial charge in [0.25, 0.3) is 0 Å². The Morgan fingerprint density at radius 1 is 1.12 bits per heavy atom. The molecule has 1 aromatic carbocycles. The van der Waals surface area contributed by atoms with E-state index in [9.17, 15) is 4.79 Å². The fourth-order valence-corrected chi connectivity index (χ4v) is 2.36. The summed E-state index contributed by atoms with van der Waals surface area (Å²) in [6.07, 6.45) is 4.34. The minimum absolute atomic E-state index is 0.00733. The van der Waals surface area contributed by atoms with Gasteiger partial charge in [-0.05, 0) is 42.3 Å². The van der Waals surface area contributed by atoms with E-state index in [2.05, 4.69) is 5.32 Å². The molecule has 0 aliphatic carbocycles. The third kappa shape index (κ3) is 4.07. The Morgan fingerprint density at radius 3 is 2.67 bits per heavy atom. The van der Waals surface area contributed by atoms with Crippen LogP contribution >= 0.6 is 0 Å². The van der Waals surface area contributed by atoms with E-state index in [1.807, 2.05) is 42.5 Å². The first-order chi connectivity index (χ1) is 11.7. The molecule has 124 valence electrons. The highest BCUT2D eigenvalue weighted by Gasteiger charge is 2.08. The maximum Gasteiger partial charge on any atom is 0.220 e. The van der Waals surface area contributed by atoms with E-state index in [4.69, 9.17) is 13.6 Å². The van der Waals surface area contributed by atoms with Crippen molar-refractivity contribution in [1.82, 2.24) is 5.32 Å². The van der Waals surface area contributed by atoms with Gasteiger partial charge in [0.05, 0.1) is 25.5 Å². The standard InChI is InChI=1S/C19H19NO4/c1-22-16-5-2-14(3-6-16)4-9-19(21)20-12-17-7-8-18(24-17)15-10-11-23-13-15/h2-3,5-8,10-11,13H,4,9,12H2,1H3,(H,20,21). The highest BCUT2D eigenvalue weighted by atomic mass is 16.5. The van der Waals surface area contributed by atoms with Gasteiger partial charge in [-0.25, -0.2) is 0 Å². The van der Waals surface area contributed by atoms with E-state index in [-0.39, 0.29) is 5.91 Å². The smallest absolute Gasteiger partial charge is 0.220 e. The van der Waals surface area contributed by atoms with Gasteiger partial charge in [0.2, 0.25) is 5.91 Å². The highest BCUT2D eigenvalue weighted by Crippen LogP contribution is 2.22. The average Bonchev–Trinajstić information content (AvgIpc) is 3.29. The monoisotopic (exact) mass is 325 g/mol. The van der Waals surface area contributed by atoms with Gasteiger partial charge in [-0.3, -0.25) is 4.79 Å². The summed E-state index contributed by atoms with van der Waals surface area (Å²) in [7, 11) is 1.63. The molecule has 0 aliphatic heterocycles. The summed E-state index contributed by atoms with van der Waals surface area (Å²) >= 11 is 0. The minimum atomic E-state index is -0.00733. The second-order valence-electron chi connectivity index (χ2n) is 5.40. The molecule has 0 fully saturated rings. The van der Waals surface area contributed by atoms with Crippen molar-refractivity contribution in [2.45, 2.75) is 19.4 Å². The molecule has 0 atom stereocenters. The highest BCUT2D eigenvalue weighted by molar-refractivity contribution is 5.76. The molecule has 2 heterocycles. The second kappa shape index (κ2) is 7.55. The zero-order valence-electron chi connectivity index (χ0n) is 13.5. The van der Waals surface area contributed by atoms with Crippen molar-refractivity contribution in [1.29, 1.82) is 0 Å². The number of carbonyl (C=O) groups excluding carboxylic acids is 1. The largest absolute Gasteiger partial charge is 0.497 e. The third-order valence-electron chi connectivity index (χ3n) is 3.73. The maximum atomic E-state index is 12.0. The molecular weight excluding hydrogens is 306 g/mol. The Labute approximate surface area is 140 Å². The van der Waals surface area contributed by atoms with Crippen LogP contribution in [0.5, 0.6) is 5.75 Å². The van der Waals surface area contributed by atoms with Crippen LogP contribution in [0.15, 0.2) is 63.8 Å². The van der Waals surface area contributed by atoms with Crippen LogP contribution in [0.4, 0.5) is 0 Å². The molecule has 0 aliphatic rings. The van der Waals surface area contributed by atoms with Gasteiger partial charge in [-0.15, -0.1) is 0 Å². The van der Waals surface area contributed by atoms with Crippen molar-refractivity contribution in [2.75, 3.05) is 7.11 Å². The number of nitrogens with one attached hydrogen (secondary N) is 1. The van der Waals surface area contributed by atoms with Crippen molar-refractivity contribution < 1.29 is 18.4 Å². The second-order valence-corrected chi connectivity index (χ2v) is 5.40. The van der Waals surface area contributed by atoms with Crippen molar-refractivity contribution in [3.8, 4) is 17.1 Å². The van der Waals surface area contributed by atoms with E-state index in [1.54, 1.807) is 19.6 Å². The zero-order chi connectivity index (χ0) is 16.8. The van der Waals surface area contributed by atoms with E-state index >= 15 is 0 Å². The third-order valence-corrected chi connectivity index (χ3v) is 3.73. The van der Waals surface area contributed by atoms with Crippen LogP contribution in [-0.2, 0) is 17.8 Å². The number of benzene rings is 1. The average molecular weight is 325 g/mol. The topological polar surface area (TPSA) is 64.6 Å². The molecule has 5 heteroatoms. The van der Waals surface area contributed by atoms with Crippen LogP contribution in [-0.4, -0.2) is 13.0 Å². The number of amides is 1. The van der Waals surface area contributed by atoms with Gasteiger partial charge in [0.1, 0.15) is 23.5 Å². The number of hydrogen-bond donors (Lipinski definition) is 1. The van der Waals surface area contributed by atoms with Crippen LogP contribution in [0.1, 0.15) is 17.7 Å². The number of furan rings is 2. The van der Waals surface area contributed by atoms with Crippen molar-refractivity contribution in [3.05, 3.63) is 66.3 Å². The molecule has 1 N–H and O–H groups in total. The van der Waals surface area contributed by atoms with Crippen LogP contribution in [0.3, 0.4) is 0 Å². The summed E-state index contributed by atoms with van der Waals surface area (Å²) in [4.78, 5) is 12.0. The SMILES string of the molecule is COc1ccc(CCC(=O)NCc2ccc(-c3ccoc3)o2)cc1. The number of methoxy groups -OCH3 is 1. The molecule has 1 amide bonds. The van der Waals surface area contributed by atoms with Gasteiger partial charge in [0, 0.05) is 6.42 Å². The first-order valence-electron chi connectivity index (χ1n) is 7.75.